The van der Waals surface area contributed by atoms with Crippen LogP contribution in [0.5, 0.6) is 0 Å². The molecule has 0 spiro atoms. The van der Waals surface area contributed by atoms with Gasteiger partial charge in [-0.05, 0) is 48.0 Å². The Balaban J connectivity index is 1.83. The number of benzene rings is 2. The van der Waals surface area contributed by atoms with Gasteiger partial charge in [-0.3, -0.25) is 14.5 Å². The van der Waals surface area contributed by atoms with Crippen LogP contribution in [-0.4, -0.2) is 16.0 Å². The summed E-state index contributed by atoms with van der Waals surface area (Å²) in [5, 5.41) is -0.435. The van der Waals surface area contributed by atoms with Gasteiger partial charge >= 0.3 is 6.18 Å². The zero-order valence-corrected chi connectivity index (χ0v) is 14.5. The lowest BCUT2D eigenvalue weighted by molar-refractivity contribution is -0.137. The van der Waals surface area contributed by atoms with Crippen LogP contribution in [0.3, 0.4) is 0 Å². The van der Waals surface area contributed by atoms with E-state index in [1.54, 1.807) is 0 Å². The highest BCUT2D eigenvalue weighted by atomic mass is 32.2. The summed E-state index contributed by atoms with van der Waals surface area (Å²) < 4.78 is 38.4. The normalized spacial score (nSPS) is 16.6. The van der Waals surface area contributed by atoms with E-state index in [2.05, 4.69) is 0 Å². The van der Waals surface area contributed by atoms with Gasteiger partial charge in [0.25, 0.3) is 11.1 Å². The highest BCUT2D eigenvalue weighted by Crippen LogP contribution is 2.35. The third-order valence-electron chi connectivity index (χ3n) is 3.81. The molecule has 3 rings (SSSR count). The van der Waals surface area contributed by atoms with E-state index in [-0.39, 0.29) is 17.0 Å². The third-order valence-corrected chi connectivity index (χ3v) is 4.72. The lowest BCUT2D eigenvalue weighted by Gasteiger charge is -2.12. The quantitative estimate of drug-likeness (QED) is 0.686. The van der Waals surface area contributed by atoms with Gasteiger partial charge in [0.2, 0.25) is 0 Å². The van der Waals surface area contributed by atoms with Crippen molar-refractivity contribution in [1.29, 1.82) is 0 Å². The number of imide groups is 1. The summed E-state index contributed by atoms with van der Waals surface area (Å²) in [6.45, 7) is 2.04. The Morgan fingerprint density at radius 3 is 2.50 bits per heavy atom. The predicted molar refractivity (Wildman–Crippen MR) is 94.1 cm³/mol. The van der Waals surface area contributed by atoms with Gasteiger partial charge in [0.15, 0.2) is 0 Å². The van der Waals surface area contributed by atoms with E-state index in [1.807, 2.05) is 31.2 Å². The van der Waals surface area contributed by atoms with E-state index in [0.717, 1.165) is 39.9 Å². The topological polar surface area (TPSA) is 37.4 Å². The molecule has 1 fully saturated rings. The van der Waals surface area contributed by atoms with Gasteiger partial charge in [0, 0.05) is 0 Å². The lowest BCUT2D eigenvalue weighted by atomic mass is 10.1. The zero-order valence-electron chi connectivity index (χ0n) is 13.7. The van der Waals surface area contributed by atoms with Crippen molar-refractivity contribution in [2.75, 3.05) is 0 Å². The molecule has 1 heterocycles. The Labute approximate surface area is 152 Å². The molecule has 0 bridgehead atoms. The van der Waals surface area contributed by atoms with Gasteiger partial charge in [-0.25, -0.2) is 0 Å². The SMILES string of the molecule is Cc1cccc(CN2C(=O)S/C(=C\c3cccc(C(F)(F)F)c3)C2=O)c1. The number of nitrogens with zero attached hydrogens (tertiary/aromatic N) is 1. The van der Waals surface area contributed by atoms with Crippen molar-refractivity contribution in [2.24, 2.45) is 0 Å². The summed E-state index contributed by atoms with van der Waals surface area (Å²) in [6, 6.07) is 12.1. The maximum absolute atomic E-state index is 12.8. The molecule has 0 atom stereocenters. The number of thioether (sulfide) groups is 1. The van der Waals surface area contributed by atoms with Crippen LogP contribution in [0.2, 0.25) is 0 Å². The van der Waals surface area contributed by atoms with E-state index in [4.69, 9.17) is 0 Å². The predicted octanol–water partition coefficient (Wildman–Crippen LogP) is 5.25. The fourth-order valence-corrected chi connectivity index (χ4v) is 3.42. The minimum absolute atomic E-state index is 0.113. The van der Waals surface area contributed by atoms with E-state index in [1.165, 1.54) is 18.2 Å². The van der Waals surface area contributed by atoms with E-state index >= 15 is 0 Å². The van der Waals surface area contributed by atoms with Crippen LogP contribution in [-0.2, 0) is 17.5 Å². The highest BCUT2D eigenvalue weighted by Gasteiger charge is 2.35. The molecule has 134 valence electrons. The summed E-state index contributed by atoms with van der Waals surface area (Å²) in [4.78, 5) is 25.8. The first-order valence-electron chi connectivity index (χ1n) is 7.72. The molecular formula is C19H14F3NO2S. The molecule has 7 heteroatoms. The van der Waals surface area contributed by atoms with Gasteiger partial charge in [-0.15, -0.1) is 0 Å². The highest BCUT2D eigenvalue weighted by molar-refractivity contribution is 8.18. The molecular weight excluding hydrogens is 363 g/mol. The van der Waals surface area contributed by atoms with E-state index in [9.17, 15) is 22.8 Å². The molecule has 0 aromatic heterocycles. The second-order valence-electron chi connectivity index (χ2n) is 5.88. The van der Waals surface area contributed by atoms with Crippen molar-refractivity contribution in [3.05, 3.63) is 75.7 Å². The molecule has 1 aliphatic rings. The number of amides is 2. The Morgan fingerprint density at radius 2 is 1.81 bits per heavy atom. The van der Waals surface area contributed by atoms with Gasteiger partial charge in [-0.1, -0.05) is 42.0 Å². The number of hydrogen-bond donors (Lipinski definition) is 0. The minimum atomic E-state index is -4.46. The molecule has 26 heavy (non-hydrogen) atoms. The average Bonchev–Trinajstić information content (AvgIpc) is 2.82. The van der Waals surface area contributed by atoms with Gasteiger partial charge in [0.05, 0.1) is 17.0 Å². The Bertz CT molecular complexity index is 906. The molecule has 2 amide bonds. The fraction of sp³-hybridized carbons (Fsp3) is 0.158. The number of carbonyl (C=O) groups excluding carboxylic acids is 2. The van der Waals surface area contributed by atoms with Crippen LogP contribution >= 0.6 is 11.8 Å². The summed E-state index contributed by atoms with van der Waals surface area (Å²) >= 11 is 0.731. The van der Waals surface area contributed by atoms with Crippen LogP contribution in [0.1, 0.15) is 22.3 Å². The molecule has 0 aliphatic carbocycles. The number of hydrogen-bond acceptors (Lipinski definition) is 3. The molecule has 1 saturated heterocycles. The second kappa shape index (κ2) is 6.99. The van der Waals surface area contributed by atoms with Crippen molar-refractivity contribution in [1.82, 2.24) is 4.90 Å². The molecule has 0 radical (unpaired) electrons. The van der Waals surface area contributed by atoms with Crippen LogP contribution in [0.15, 0.2) is 53.4 Å². The van der Waals surface area contributed by atoms with Gasteiger partial charge < -0.3 is 0 Å². The number of aryl methyl sites for hydroxylation is 1. The summed E-state index contributed by atoms with van der Waals surface area (Å²) in [6.07, 6.45) is -3.15. The third kappa shape index (κ3) is 3.99. The van der Waals surface area contributed by atoms with Crippen LogP contribution in [0, 0.1) is 6.92 Å². The van der Waals surface area contributed by atoms with Gasteiger partial charge in [0.1, 0.15) is 0 Å². The fourth-order valence-electron chi connectivity index (χ4n) is 2.59. The molecule has 0 unspecified atom stereocenters. The van der Waals surface area contributed by atoms with Crippen molar-refractivity contribution in [3.63, 3.8) is 0 Å². The smallest absolute Gasteiger partial charge is 0.268 e. The largest absolute Gasteiger partial charge is 0.416 e. The molecule has 3 nitrogen and oxygen atoms in total. The van der Waals surface area contributed by atoms with Crippen molar-refractivity contribution < 1.29 is 22.8 Å². The molecule has 2 aromatic rings. The monoisotopic (exact) mass is 377 g/mol. The standard InChI is InChI=1S/C19H14F3NO2S/c1-12-4-2-6-14(8-12)11-23-17(24)16(26-18(23)25)10-13-5-3-7-15(9-13)19(20,21)22/h2-10H,11H2,1H3/b16-10-. The first-order chi connectivity index (χ1) is 12.2. The van der Waals surface area contributed by atoms with Crippen molar-refractivity contribution >= 4 is 29.0 Å². The average molecular weight is 377 g/mol. The lowest BCUT2D eigenvalue weighted by Crippen LogP contribution is -2.27. The second-order valence-corrected chi connectivity index (χ2v) is 6.87. The van der Waals surface area contributed by atoms with Gasteiger partial charge in [-0.2, -0.15) is 13.2 Å². The number of halogens is 3. The maximum Gasteiger partial charge on any atom is 0.416 e. The minimum Gasteiger partial charge on any atom is -0.268 e. The van der Waals surface area contributed by atoms with Crippen LogP contribution < -0.4 is 0 Å². The molecule has 0 saturated carbocycles. The maximum atomic E-state index is 12.8. The van der Waals surface area contributed by atoms with E-state index < -0.39 is 22.9 Å². The van der Waals surface area contributed by atoms with Crippen molar-refractivity contribution in [2.45, 2.75) is 19.6 Å². The van der Waals surface area contributed by atoms with Crippen LogP contribution in [0.25, 0.3) is 6.08 Å². The first-order valence-corrected chi connectivity index (χ1v) is 8.54. The number of alkyl halides is 3. The molecule has 1 aliphatic heterocycles. The first kappa shape index (κ1) is 18.3. The molecule has 0 N–H and O–H groups in total. The summed E-state index contributed by atoms with van der Waals surface area (Å²) in [7, 11) is 0. The van der Waals surface area contributed by atoms with E-state index in [0.29, 0.717) is 0 Å². The molecule has 2 aromatic carbocycles. The number of carbonyl (C=O) groups is 2. The Morgan fingerprint density at radius 1 is 1.08 bits per heavy atom. The summed E-state index contributed by atoms with van der Waals surface area (Å²) in [5.41, 5.74) is 1.24. The number of rotatable bonds is 3. The van der Waals surface area contributed by atoms with Crippen LogP contribution in [0.4, 0.5) is 18.0 Å². The summed E-state index contributed by atoms with van der Waals surface area (Å²) in [5.74, 6) is -0.501. The Kier molecular flexibility index (Phi) is 4.91. The zero-order chi connectivity index (χ0) is 18.9. The Hall–Kier alpha value is -2.54. The van der Waals surface area contributed by atoms with Crippen molar-refractivity contribution in [3.8, 4) is 0 Å².